The third-order valence-corrected chi connectivity index (χ3v) is 3.05. The van der Waals surface area contributed by atoms with Crippen molar-refractivity contribution in [3.8, 4) is 11.1 Å². The Bertz CT molecular complexity index is 529. The fourth-order valence-electron chi connectivity index (χ4n) is 2.30. The van der Waals surface area contributed by atoms with Crippen LogP contribution >= 0.6 is 0 Å². The normalized spacial score (nSPS) is 17.3. The van der Waals surface area contributed by atoms with Gasteiger partial charge in [-0.15, -0.1) is 0 Å². The number of hydrogen-bond donors (Lipinski definition) is 1. The van der Waals surface area contributed by atoms with Gasteiger partial charge in [0, 0.05) is 0 Å². The van der Waals surface area contributed by atoms with Gasteiger partial charge in [0.2, 0.25) is 0 Å². The van der Waals surface area contributed by atoms with Crippen LogP contribution in [0, 0.1) is 6.92 Å². The summed E-state index contributed by atoms with van der Waals surface area (Å²) in [5.74, 6) is 0. The SMILES string of the molecule is Cc1ccc2c(c1)[C@@H](O)c1ccccc1-2. The number of fused-ring (bicyclic) bond motifs is 3. The lowest BCUT2D eigenvalue weighted by molar-refractivity contribution is 0.225. The molecule has 0 aromatic heterocycles. The van der Waals surface area contributed by atoms with Gasteiger partial charge in [-0.2, -0.15) is 0 Å². The summed E-state index contributed by atoms with van der Waals surface area (Å²) in [5.41, 5.74) is 5.60. The van der Waals surface area contributed by atoms with Crippen molar-refractivity contribution in [1.29, 1.82) is 0 Å². The standard InChI is InChI=1S/C14H12O/c1-9-6-7-11-10-4-2-3-5-12(10)14(15)13(11)8-9/h2-8,14-15H,1H3/t14-/m0/s1. The largest absolute Gasteiger partial charge is 0.384 e. The molecule has 0 bridgehead atoms. The van der Waals surface area contributed by atoms with E-state index in [2.05, 4.69) is 31.2 Å². The number of benzene rings is 2. The number of aliphatic hydroxyl groups is 1. The smallest absolute Gasteiger partial charge is 0.105 e. The summed E-state index contributed by atoms with van der Waals surface area (Å²) in [5, 5.41) is 10.2. The molecule has 0 radical (unpaired) electrons. The first-order valence-electron chi connectivity index (χ1n) is 5.15. The van der Waals surface area contributed by atoms with E-state index in [-0.39, 0.29) is 0 Å². The molecule has 2 aromatic carbocycles. The van der Waals surface area contributed by atoms with E-state index < -0.39 is 6.10 Å². The van der Waals surface area contributed by atoms with Gasteiger partial charge >= 0.3 is 0 Å². The Kier molecular flexibility index (Phi) is 1.70. The Labute approximate surface area is 89.0 Å². The molecule has 1 atom stereocenters. The van der Waals surface area contributed by atoms with Crippen LogP contribution in [0.4, 0.5) is 0 Å². The van der Waals surface area contributed by atoms with Crippen molar-refractivity contribution in [1.82, 2.24) is 0 Å². The zero-order valence-corrected chi connectivity index (χ0v) is 8.57. The summed E-state index contributed by atoms with van der Waals surface area (Å²) in [7, 11) is 0. The summed E-state index contributed by atoms with van der Waals surface area (Å²) < 4.78 is 0. The van der Waals surface area contributed by atoms with Crippen molar-refractivity contribution in [2.24, 2.45) is 0 Å². The van der Waals surface area contributed by atoms with Gasteiger partial charge in [-0.3, -0.25) is 0 Å². The second kappa shape index (κ2) is 2.94. The molecule has 1 heteroatoms. The fourth-order valence-corrected chi connectivity index (χ4v) is 2.30. The van der Waals surface area contributed by atoms with Gasteiger partial charge in [-0.1, -0.05) is 48.0 Å². The predicted octanol–water partition coefficient (Wildman–Crippen LogP) is 3.06. The van der Waals surface area contributed by atoms with Crippen molar-refractivity contribution in [2.45, 2.75) is 13.0 Å². The molecule has 0 saturated carbocycles. The molecule has 1 aliphatic carbocycles. The van der Waals surface area contributed by atoms with Crippen molar-refractivity contribution in [3.05, 3.63) is 59.2 Å². The summed E-state index contributed by atoms with van der Waals surface area (Å²) in [6.07, 6.45) is -0.448. The lowest BCUT2D eigenvalue weighted by Crippen LogP contribution is -1.93. The maximum Gasteiger partial charge on any atom is 0.105 e. The third-order valence-electron chi connectivity index (χ3n) is 3.05. The van der Waals surface area contributed by atoms with Crippen LogP contribution in [0.2, 0.25) is 0 Å². The summed E-state index contributed by atoms with van der Waals surface area (Å²) in [4.78, 5) is 0. The third kappa shape index (κ3) is 1.13. The van der Waals surface area contributed by atoms with E-state index in [1.54, 1.807) is 0 Å². The first-order chi connectivity index (χ1) is 7.27. The maximum absolute atomic E-state index is 10.2. The number of rotatable bonds is 0. The number of hydrogen-bond acceptors (Lipinski definition) is 1. The Hall–Kier alpha value is -1.60. The van der Waals surface area contributed by atoms with Gasteiger partial charge in [0.05, 0.1) is 0 Å². The molecular weight excluding hydrogens is 184 g/mol. The van der Waals surface area contributed by atoms with Gasteiger partial charge in [-0.05, 0) is 29.2 Å². The Morgan fingerprint density at radius 2 is 1.67 bits per heavy atom. The quantitative estimate of drug-likeness (QED) is 0.686. The highest BCUT2D eigenvalue weighted by molar-refractivity contribution is 5.78. The molecule has 1 nitrogen and oxygen atoms in total. The number of aryl methyl sites for hydroxylation is 1. The molecule has 3 rings (SSSR count). The second-order valence-corrected chi connectivity index (χ2v) is 4.08. The van der Waals surface area contributed by atoms with Crippen LogP contribution in [-0.2, 0) is 0 Å². The average Bonchev–Trinajstić information content (AvgIpc) is 2.54. The van der Waals surface area contributed by atoms with Crippen LogP contribution in [0.15, 0.2) is 42.5 Å². The molecule has 0 fully saturated rings. The molecule has 0 amide bonds. The maximum atomic E-state index is 10.2. The summed E-state index contributed by atoms with van der Waals surface area (Å²) >= 11 is 0. The Morgan fingerprint density at radius 3 is 2.53 bits per heavy atom. The Balaban J connectivity index is 2.32. The van der Waals surface area contributed by atoms with Gasteiger partial charge in [0.25, 0.3) is 0 Å². The van der Waals surface area contributed by atoms with Gasteiger partial charge in [-0.25, -0.2) is 0 Å². The summed E-state index contributed by atoms with van der Waals surface area (Å²) in [6.45, 7) is 2.05. The van der Waals surface area contributed by atoms with Crippen LogP contribution in [0.5, 0.6) is 0 Å². The van der Waals surface area contributed by atoms with E-state index in [4.69, 9.17) is 0 Å². The molecule has 15 heavy (non-hydrogen) atoms. The van der Waals surface area contributed by atoms with Gasteiger partial charge < -0.3 is 5.11 Å². The lowest BCUT2D eigenvalue weighted by Gasteiger charge is -2.05. The van der Waals surface area contributed by atoms with Gasteiger partial charge in [0.1, 0.15) is 6.10 Å². The van der Waals surface area contributed by atoms with E-state index in [1.165, 1.54) is 16.7 Å². The minimum atomic E-state index is -0.448. The first-order valence-corrected chi connectivity index (χ1v) is 5.15. The first kappa shape index (κ1) is 8.69. The predicted molar refractivity (Wildman–Crippen MR) is 60.7 cm³/mol. The highest BCUT2D eigenvalue weighted by Crippen LogP contribution is 2.43. The molecule has 1 N–H and O–H groups in total. The van der Waals surface area contributed by atoms with Gasteiger partial charge in [0.15, 0.2) is 0 Å². The van der Waals surface area contributed by atoms with E-state index in [9.17, 15) is 5.11 Å². The highest BCUT2D eigenvalue weighted by atomic mass is 16.3. The fraction of sp³-hybridized carbons (Fsp3) is 0.143. The second-order valence-electron chi connectivity index (χ2n) is 4.08. The van der Waals surface area contributed by atoms with Crippen molar-refractivity contribution in [3.63, 3.8) is 0 Å². The molecule has 0 heterocycles. The molecule has 74 valence electrons. The van der Waals surface area contributed by atoms with Crippen molar-refractivity contribution >= 4 is 0 Å². The molecule has 0 spiro atoms. The van der Waals surface area contributed by atoms with Crippen molar-refractivity contribution in [2.75, 3.05) is 0 Å². The average molecular weight is 196 g/mol. The van der Waals surface area contributed by atoms with E-state index in [0.717, 1.165) is 11.1 Å². The topological polar surface area (TPSA) is 20.2 Å². The van der Waals surface area contributed by atoms with Crippen molar-refractivity contribution < 1.29 is 5.11 Å². The minimum Gasteiger partial charge on any atom is -0.384 e. The molecular formula is C14H12O. The molecule has 0 unspecified atom stereocenters. The minimum absolute atomic E-state index is 0.448. The molecule has 0 saturated heterocycles. The Morgan fingerprint density at radius 1 is 0.933 bits per heavy atom. The highest BCUT2D eigenvalue weighted by Gasteiger charge is 2.25. The zero-order chi connectivity index (χ0) is 10.4. The monoisotopic (exact) mass is 196 g/mol. The van der Waals surface area contributed by atoms with Crippen LogP contribution in [0.25, 0.3) is 11.1 Å². The summed E-state index contributed by atoms with van der Waals surface area (Å²) in [6, 6.07) is 14.3. The van der Waals surface area contributed by atoms with E-state index in [1.807, 2.05) is 18.2 Å². The van der Waals surface area contributed by atoms with Crippen LogP contribution in [0.1, 0.15) is 22.8 Å². The lowest BCUT2D eigenvalue weighted by atomic mass is 10.0. The van der Waals surface area contributed by atoms with Crippen LogP contribution in [0.3, 0.4) is 0 Å². The van der Waals surface area contributed by atoms with E-state index >= 15 is 0 Å². The zero-order valence-electron chi connectivity index (χ0n) is 8.57. The molecule has 0 aliphatic heterocycles. The van der Waals surface area contributed by atoms with Crippen LogP contribution < -0.4 is 0 Å². The molecule has 1 aliphatic rings. The van der Waals surface area contributed by atoms with Crippen LogP contribution in [-0.4, -0.2) is 5.11 Å². The molecule has 2 aromatic rings. The van der Waals surface area contributed by atoms with E-state index in [0.29, 0.717) is 0 Å². The number of aliphatic hydroxyl groups excluding tert-OH is 1.